The van der Waals surface area contributed by atoms with Crippen LogP contribution in [0.1, 0.15) is 17.0 Å². The van der Waals surface area contributed by atoms with Gasteiger partial charge in [-0.1, -0.05) is 12.1 Å². The van der Waals surface area contributed by atoms with Crippen LogP contribution < -0.4 is 5.73 Å². The molecule has 2 rings (SSSR count). The van der Waals surface area contributed by atoms with Crippen molar-refractivity contribution in [3.05, 3.63) is 53.6 Å². The number of halogens is 3. The Kier molecular flexibility index (Phi) is 3.90. The fourth-order valence-corrected chi connectivity index (χ4v) is 1.88. The van der Waals surface area contributed by atoms with E-state index < -0.39 is 11.7 Å². The Bertz CT molecular complexity index is 546. The molecule has 0 unspecified atom stereocenters. The van der Waals surface area contributed by atoms with Crippen molar-refractivity contribution in [2.45, 2.75) is 19.1 Å². The van der Waals surface area contributed by atoms with Gasteiger partial charge in [0.25, 0.3) is 0 Å². The summed E-state index contributed by atoms with van der Waals surface area (Å²) in [5.41, 5.74) is 5.42. The summed E-state index contributed by atoms with van der Waals surface area (Å²) in [4.78, 5) is 4.13. The van der Waals surface area contributed by atoms with Crippen LogP contribution in [0.5, 0.6) is 0 Å². The van der Waals surface area contributed by atoms with Crippen LogP contribution in [0.2, 0.25) is 0 Å². The molecule has 102 valence electrons. The summed E-state index contributed by atoms with van der Waals surface area (Å²) in [6.45, 7) is 0.818. The Morgan fingerprint density at radius 1 is 1.26 bits per heavy atom. The van der Waals surface area contributed by atoms with Crippen LogP contribution in [0.4, 0.5) is 13.2 Å². The summed E-state index contributed by atoms with van der Waals surface area (Å²) >= 11 is 0. The van der Waals surface area contributed by atoms with E-state index in [1.54, 1.807) is 18.5 Å². The Balaban J connectivity index is 2.21. The number of benzene rings is 1. The monoisotopic (exact) mass is 269 g/mol. The topological polar surface area (TPSA) is 43.8 Å². The standard InChI is InChI=1S/C13H14F3N3/c14-13(15,16)11-3-1-2-10(8-11)9-19-7-6-18-12(19)4-5-17/h1-3,6-8H,4-5,9,17H2. The number of hydrogen-bond donors (Lipinski definition) is 1. The fourth-order valence-electron chi connectivity index (χ4n) is 1.88. The van der Waals surface area contributed by atoms with Crippen LogP contribution in [-0.4, -0.2) is 16.1 Å². The van der Waals surface area contributed by atoms with Gasteiger partial charge >= 0.3 is 6.18 Å². The van der Waals surface area contributed by atoms with Crippen molar-refractivity contribution in [3.8, 4) is 0 Å². The summed E-state index contributed by atoms with van der Waals surface area (Å²) in [6, 6.07) is 5.31. The largest absolute Gasteiger partial charge is 0.416 e. The molecule has 3 nitrogen and oxygen atoms in total. The van der Waals surface area contributed by atoms with Gasteiger partial charge in [-0.25, -0.2) is 4.98 Å². The predicted octanol–water partition coefficient (Wildman–Crippen LogP) is 2.45. The van der Waals surface area contributed by atoms with Gasteiger partial charge in [0.15, 0.2) is 0 Å². The molecule has 0 aliphatic heterocycles. The van der Waals surface area contributed by atoms with E-state index in [1.165, 1.54) is 6.07 Å². The first-order valence-electron chi connectivity index (χ1n) is 5.87. The third kappa shape index (κ3) is 3.35. The lowest BCUT2D eigenvalue weighted by Crippen LogP contribution is -2.11. The smallest absolute Gasteiger partial charge is 0.330 e. The number of hydrogen-bond acceptors (Lipinski definition) is 2. The van der Waals surface area contributed by atoms with E-state index in [-0.39, 0.29) is 0 Å². The van der Waals surface area contributed by atoms with E-state index in [1.807, 2.05) is 4.57 Å². The zero-order valence-corrected chi connectivity index (χ0v) is 10.2. The van der Waals surface area contributed by atoms with Gasteiger partial charge in [0.2, 0.25) is 0 Å². The molecule has 1 aromatic carbocycles. The van der Waals surface area contributed by atoms with Gasteiger partial charge < -0.3 is 10.3 Å². The van der Waals surface area contributed by atoms with Gasteiger partial charge in [0, 0.05) is 25.4 Å². The lowest BCUT2D eigenvalue weighted by atomic mass is 10.1. The molecule has 0 amide bonds. The van der Waals surface area contributed by atoms with Crippen molar-refractivity contribution in [3.63, 3.8) is 0 Å². The Morgan fingerprint density at radius 3 is 2.74 bits per heavy atom. The van der Waals surface area contributed by atoms with Gasteiger partial charge in [0.1, 0.15) is 5.82 Å². The highest BCUT2D eigenvalue weighted by atomic mass is 19.4. The van der Waals surface area contributed by atoms with E-state index in [9.17, 15) is 13.2 Å². The van der Waals surface area contributed by atoms with Crippen LogP contribution in [-0.2, 0) is 19.1 Å². The fraction of sp³-hybridized carbons (Fsp3) is 0.308. The van der Waals surface area contributed by atoms with Gasteiger partial charge in [-0.3, -0.25) is 0 Å². The van der Waals surface area contributed by atoms with E-state index in [0.29, 0.717) is 25.1 Å². The molecule has 0 saturated heterocycles. The molecule has 2 aromatic rings. The summed E-state index contributed by atoms with van der Waals surface area (Å²) in [6.07, 6.45) is -0.346. The second kappa shape index (κ2) is 5.44. The molecular formula is C13H14F3N3. The number of rotatable bonds is 4. The minimum absolute atomic E-state index is 0.360. The van der Waals surface area contributed by atoms with Crippen LogP contribution >= 0.6 is 0 Å². The number of imidazole rings is 1. The van der Waals surface area contributed by atoms with Gasteiger partial charge in [-0.15, -0.1) is 0 Å². The molecule has 0 atom stereocenters. The van der Waals surface area contributed by atoms with Crippen molar-refractivity contribution in [1.29, 1.82) is 0 Å². The van der Waals surface area contributed by atoms with Crippen molar-refractivity contribution in [1.82, 2.24) is 9.55 Å². The summed E-state index contributed by atoms with van der Waals surface area (Å²) in [5, 5.41) is 0. The van der Waals surface area contributed by atoms with Gasteiger partial charge in [-0.2, -0.15) is 13.2 Å². The first kappa shape index (κ1) is 13.6. The van der Waals surface area contributed by atoms with Crippen molar-refractivity contribution in [2.75, 3.05) is 6.54 Å². The third-order valence-electron chi connectivity index (χ3n) is 2.78. The number of nitrogens with zero attached hydrogens (tertiary/aromatic N) is 2. The molecule has 2 N–H and O–H groups in total. The van der Waals surface area contributed by atoms with Gasteiger partial charge in [0.05, 0.1) is 5.56 Å². The zero-order chi connectivity index (χ0) is 13.9. The quantitative estimate of drug-likeness (QED) is 0.926. The van der Waals surface area contributed by atoms with Crippen molar-refractivity contribution < 1.29 is 13.2 Å². The molecular weight excluding hydrogens is 255 g/mol. The highest BCUT2D eigenvalue weighted by molar-refractivity contribution is 5.26. The second-order valence-electron chi connectivity index (χ2n) is 4.21. The lowest BCUT2D eigenvalue weighted by Gasteiger charge is -2.10. The molecule has 19 heavy (non-hydrogen) atoms. The molecule has 6 heteroatoms. The van der Waals surface area contributed by atoms with Crippen molar-refractivity contribution in [2.24, 2.45) is 5.73 Å². The second-order valence-corrected chi connectivity index (χ2v) is 4.21. The molecule has 0 spiro atoms. The average molecular weight is 269 g/mol. The molecule has 0 aliphatic carbocycles. The minimum Gasteiger partial charge on any atom is -0.330 e. The molecule has 0 saturated carbocycles. The first-order chi connectivity index (χ1) is 9.00. The van der Waals surface area contributed by atoms with Crippen LogP contribution in [0.15, 0.2) is 36.7 Å². The molecule has 0 bridgehead atoms. The molecule has 0 radical (unpaired) electrons. The summed E-state index contributed by atoms with van der Waals surface area (Å²) in [5.74, 6) is 0.778. The molecule has 0 aliphatic rings. The maximum Gasteiger partial charge on any atom is 0.416 e. The number of alkyl halides is 3. The third-order valence-corrected chi connectivity index (χ3v) is 2.78. The SMILES string of the molecule is NCCc1nccn1Cc1cccc(C(F)(F)F)c1. The van der Waals surface area contributed by atoms with Crippen LogP contribution in [0, 0.1) is 0 Å². The minimum atomic E-state index is -4.31. The van der Waals surface area contributed by atoms with Crippen LogP contribution in [0.3, 0.4) is 0 Å². The maximum absolute atomic E-state index is 12.6. The number of nitrogens with two attached hydrogens (primary N) is 1. The van der Waals surface area contributed by atoms with Crippen molar-refractivity contribution >= 4 is 0 Å². The maximum atomic E-state index is 12.6. The predicted molar refractivity (Wildman–Crippen MR) is 65.5 cm³/mol. The van der Waals surface area contributed by atoms with Gasteiger partial charge in [-0.05, 0) is 24.2 Å². The van der Waals surface area contributed by atoms with E-state index in [0.717, 1.165) is 18.0 Å². The average Bonchev–Trinajstić information content (AvgIpc) is 2.77. The highest BCUT2D eigenvalue weighted by Gasteiger charge is 2.30. The van der Waals surface area contributed by atoms with E-state index in [2.05, 4.69) is 4.98 Å². The Morgan fingerprint density at radius 2 is 2.05 bits per heavy atom. The highest BCUT2D eigenvalue weighted by Crippen LogP contribution is 2.29. The lowest BCUT2D eigenvalue weighted by molar-refractivity contribution is -0.137. The Labute approximate surface area is 108 Å². The molecule has 0 fully saturated rings. The molecule has 1 aromatic heterocycles. The number of aromatic nitrogens is 2. The zero-order valence-electron chi connectivity index (χ0n) is 10.2. The summed E-state index contributed by atoms with van der Waals surface area (Å²) in [7, 11) is 0. The summed E-state index contributed by atoms with van der Waals surface area (Å²) < 4.78 is 39.6. The van der Waals surface area contributed by atoms with Crippen LogP contribution in [0.25, 0.3) is 0 Å². The first-order valence-corrected chi connectivity index (χ1v) is 5.87. The van der Waals surface area contributed by atoms with E-state index >= 15 is 0 Å². The Hall–Kier alpha value is -1.82. The normalized spacial score (nSPS) is 11.8. The molecule has 1 heterocycles. The van der Waals surface area contributed by atoms with E-state index in [4.69, 9.17) is 5.73 Å².